The van der Waals surface area contributed by atoms with E-state index in [4.69, 9.17) is 14.6 Å². The average molecular weight is 333 g/mol. The highest BCUT2D eigenvalue weighted by Gasteiger charge is 2.30. The molecule has 0 spiro atoms. The minimum atomic E-state index is -0.778. The number of carboxylic acid groups (broad SMARTS) is 1. The van der Waals surface area contributed by atoms with Crippen molar-refractivity contribution in [3.63, 3.8) is 0 Å². The second-order valence-electron chi connectivity index (χ2n) is 6.49. The Morgan fingerprint density at radius 2 is 2.00 bits per heavy atom. The van der Waals surface area contributed by atoms with E-state index in [2.05, 4.69) is 5.32 Å². The minimum absolute atomic E-state index is 0.0611. The number of rotatable bonds is 6. The molecule has 0 radical (unpaired) electrons. The Balaban J connectivity index is 1.47. The lowest BCUT2D eigenvalue weighted by molar-refractivity contribution is -0.141. The summed E-state index contributed by atoms with van der Waals surface area (Å²) >= 11 is 0. The van der Waals surface area contributed by atoms with Crippen LogP contribution in [-0.4, -0.2) is 42.3 Å². The van der Waals surface area contributed by atoms with E-state index in [1.54, 1.807) is 24.3 Å². The van der Waals surface area contributed by atoms with Gasteiger partial charge < -0.3 is 19.9 Å². The number of hydrogen-bond acceptors (Lipinski definition) is 4. The lowest BCUT2D eigenvalue weighted by atomic mass is 10.1. The molecule has 2 N–H and O–H groups in total. The Hall–Kier alpha value is -2.08. The molecular weight excluding hydrogens is 310 g/mol. The summed E-state index contributed by atoms with van der Waals surface area (Å²) in [4.78, 5) is 23.2. The third-order valence-corrected chi connectivity index (χ3v) is 4.69. The van der Waals surface area contributed by atoms with Gasteiger partial charge in [-0.15, -0.1) is 0 Å². The molecule has 6 heteroatoms. The van der Waals surface area contributed by atoms with Gasteiger partial charge in [0.2, 0.25) is 0 Å². The summed E-state index contributed by atoms with van der Waals surface area (Å²) in [6.07, 6.45) is 4.11. The normalized spacial score (nSPS) is 26.2. The number of aliphatic carboxylic acids is 1. The van der Waals surface area contributed by atoms with E-state index in [-0.39, 0.29) is 24.0 Å². The van der Waals surface area contributed by atoms with Crippen LogP contribution in [-0.2, 0) is 9.53 Å². The molecule has 2 aliphatic rings. The molecule has 1 unspecified atom stereocenters. The van der Waals surface area contributed by atoms with E-state index < -0.39 is 5.97 Å². The van der Waals surface area contributed by atoms with E-state index >= 15 is 0 Å². The first-order valence-electron chi connectivity index (χ1n) is 8.50. The van der Waals surface area contributed by atoms with Crippen LogP contribution in [0.3, 0.4) is 0 Å². The summed E-state index contributed by atoms with van der Waals surface area (Å²) in [5.41, 5.74) is 0.554. The van der Waals surface area contributed by atoms with Gasteiger partial charge in [0, 0.05) is 18.2 Å². The number of benzene rings is 1. The van der Waals surface area contributed by atoms with E-state index in [0.29, 0.717) is 37.2 Å². The van der Waals surface area contributed by atoms with E-state index in [9.17, 15) is 9.59 Å². The predicted molar refractivity (Wildman–Crippen MR) is 87.1 cm³/mol. The maximum atomic E-state index is 12.2. The van der Waals surface area contributed by atoms with Crippen LogP contribution in [0, 0.1) is 5.92 Å². The third-order valence-electron chi connectivity index (χ3n) is 4.69. The van der Waals surface area contributed by atoms with Crippen LogP contribution in [0.25, 0.3) is 0 Å². The first-order chi connectivity index (χ1) is 11.6. The van der Waals surface area contributed by atoms with Crippen molar-refractivity contribution in [3.05, 3.63) is 29.8 Å². The molecule has 24 heavy (non-hydrogen) atoms. The number of hydrogen-bond donors (Lipinski definition) is 2. The maximum Gasteiger partial charge on any atom is 0.306 e. The van der Waals surface area contributed by atoms with Crippen molar-refractivity contribution in [1.82, 2.24) is 5.32 Å². The predicted octanol–water partition coefficient (Wildman–Crippen LogP) is 2.23. The SMILES string of the molecule is O=C(N[C@H]1CC[C@@H](C(=O)O)C1)c1ccc(OCC2CCCO2)cc1. The molecule has 1 heterocycles. The van der Waals surface area contributed by atoms with E-state index in [1.165, 1.54) is 0 Å². The summed E-state index contributed by atoms with van der Waals surface area (Å²) in [6.45, 7) is 1.33. The number of ether oxygens (including phenoxy) is 2. The molecule has 1 aromatic carbocycles. The minimum Gasteiger partial charge on any atom is -0.491 e. The van der Waals surface area contributed by atoms with Crippen molar-refractivity contribution in [2.24, 2.45) is 5.92 Å². The van der Waals surface area contributed by atoms with Gasteiger partial charge in [0.1, 0.15) is 12.4 Å². The zero-order valence-corrected chi connectivity index (χ0v) is 13.6. The van der Waals surface area contributed by atoms with Crippen molar-refractivity contribution < 1.29 is 24.2 Å². The Labute approximate surface area is 141 Å². The number of carbonyl (C=O) groups is 2. The van der Waals surface area contributed by atoms with E-state index in [0.717, 1.165) is 19.4 Å². The maximum absolute atomic E-state index is 12.2. The Kier molecular flexibility index (Phi) is 5.35. The zero-order chi connectivity index (χ0) is 16.9. The van der Waals surface area contributed by atoms with Gasteiger partial charge in [-0.1, -0.05) is 0 Å². The molecule has 1 saturated carbocycles. The molecular formula is C18H23NO5. The van der Waals surface area contributed by atoms with Crippen LogP contribution in [0.1, 0.15) is 42.5 Å². The molecule has 6 nitrogen and oxygen atoms in total. The number of carbonyl (C=O) groups excluding carboxylic acids is 1. The van der Waals surface area contributed by atoms with Gasteiger partial charge in [-0.2, -0.15) is 0 Å². The molecule has 3 atom stereocenters. The summed E-state index contributed by atoms with van der Waals surface area (Å²) in [7, 11) is 0. The smallest absolute Gasteiger partial charge is 0.306 e. The monoisotopic (exact) mass is 333 g/mol. The second-order valence-corrected chi connectivity index (χ2v) is 6.49. The van der Waals surface area contributed by atoms with Gasteiger partial charge in [-0.3, -0.25) is 9.59 Å². The molecule has 0 aromatic heterocycles. The molecule has 1 saturated heterocycles. The summed E-state index contributed by atoms with van der Waals surface area (Å²) < 4.78 is 11.2. The first-order valence-corrected chi connectivity index (χ1v) is 8.50. The van der Waals surface area contributed by atoms with Gasteiger partial charge >= 0.3 is 5.97 Å². The number of carboxylic acids is 1. The van der Waals surface area contributed by atoms with E-state index in [1.807, 2.05) is 0 Å². The standard InChI is InChI=1S/C18H23NO5/c20-17(19-14-6-3-13(10-14)18(21)22)12-4-7-15(8-5-12)24-11-16-2-1-9-23-16/h4-5,7-8,13-14,16H,1-3,6,9-11H2,(H,19,20)(H,21,22)/t13-,14+,16?/m1/s1. The highest BCUT2D eigenvalue weighted by atomic mass is 16.5. The largest absolute Gasteiger partial charge is 0.491 e. The number of nitrogens with one attached hydrogen (secondary N) is 1. The summed E-state index contributed by atoms with van der Waals surface area (Å²) in [5.74, 6) is -0.575. The van der Waals surface area contributed by atoms with Crippen LogP contribution in [0.5, 0.6) is 5.75 Å². The summed E-state index contributed by atoms with van der Waals surface area (Å²) in [5, 5.41) is 11.9. The van der Waals surface area contributed by atoms with Crippen molar-refractivity contribution in [2.45, 2.75) is 44.2 Å². The molecule has 1 aliphatic carbocycles. The fourth-order valence-corrected chi connectivity index (χ4v) is 3.27. The van der Waals surface area contributed by atoms with Gasteiger partial charge in [-0.05, 0) is 56.4 Å². The molecule has 3 rings (SSSR count). The van der Waals surface area contributed by atoms with Gasteiger partial charge in [-0.25, -0.2) is 0 Å². The van der Waals surface area contributed by atoms with Crippen LogP contribution in [0.2, 0.25) is 0 Å². The van der Waals surface area contributed by atoms with Crippen LogP contribution in [0.4, 0.5) is 0 Å². The van der Waals surface area contributed by atoms with Crippen molar-refractivity contribution >= 4 is 11.9 Å². The molecule has 1 aromatic rings. The highest BCUT2D eigenvalue weighted by Crippen LogP contribution is 2.26. The van der Waals surface area contributed by atoms with Crippen molar-refractivity contribution in [3.8, 4) is 5.75 Å². The zero-order valence-electron chi connectivity index (χ0n) is 13.6. The van der Waals surface area contributed by atoms with Crippen LogP contribution < -0.4 is 10.1 Å². The Morgan fingerprint density at radius 1 is 1.21 bits per heavy atom. The van der Waals surface area contributed by atoms with Gasteiger partial charge in [0.25, 0.3) is 5.91 Å². The van der Waals surface area contributed by atoms with Crippen LogP contribution in [0.15, 0.2) is 24.3 Å². The molecule has 130 valence electrons. The molecule has 0 bridgehead atoms. The highest BCUT2D eigenvalue weighted by molar-refractivity contribution is 5.94. The fraction of sp³-hybridized carbons (Fsp3) is 0.556. The first kappa shape index (κ1) is 16.8. The van der Waals surface area contributed by atoms with Gasteiger partial charge in [0.15, 0.2) is 0 Å². The second kappa shape index (κ2) is 7.66. The summed E-state index contributed by atoms with van der Waals surface area (Å²) in [6, 6.07) is 6.94. The lowest BCUT2D eigenvalue weighted by Gasteiger charge is -2.14. The van der Waals surface area contributed by atoms with Crippen molar-refractivity contribution in [1.29, 1.82) is 0 Å². The fourth-order valence-electron chi connectivity index (χ4n) is 3.27. The average Bonchev–Trinajstić information content (AvgIpc) is 3.25. The lowest BCUT2D eigenvalue weighted by Crippen LogP contribution is -2.33. The number of amides is 1. The quantitative estimate of drug-likeness (QED) is 0.834. The molecule has 1 amide bonds. The molecule has 1 aliphatic heterocycles. The van der Waals surface area contributed by atoms with Crippen LogP contribution >= 0.6 is 0 Å². The van der Waals surface area contributed by atoms with Crippen molar-refractivity contribution in [2.75, 3.05) is 13.2 Å². The topological polar surface area (TPSA) is 84.9 Å². The Morgan fingerprint density at radius 3 is 2.62 bits per heavy atom. The molecule has 2 fully saturated rings. The van der Waals surface area contributed by atoms with Gasteiger partial charge in [0.05, 0.1) is 12.0 Å². The third kappa shape index (κ3) is 4.26. The Bertz CT molecular complexity index is 580.